The molecular weight excluding hydrogens is 90.1 g/mol. The van der Waals surface area contributed by atoms with Gasteiger partial charge in [-0.05, 0) is 0 Å². The van der Waals surface area contributed by atoms with Gasteiger partial charge in [0.25, 0.3) is 0 Å². The molecule has 0 unspecified atom stereocenters. The summed E-state index contributed by atoms with van der Waals surface area (Å²) >= 11 is 0. The minimum Gasteiger partial charge on any atom is -0.312 e. The molecule has 2 heteroatoms. The zero-order valence-electron chi connectivity index (χ0n) is 4.90. The van der Waals surface area contributed by atoms with Crippen molar-refractivity contribution in [3.63, 3.8) is 0 Å². The first-order valence-corrected chi connectivity index (χ1v) is 2.59. The standard InChI is InChI=1S/C5H12NO/c1-5(2)6-3-4-7/h5-6H,3-4H2,1-2H3. The first-order chi connectivity index (χ1) is 3.27. The smallest absolute Gasteiger partial charge is 0.0946 e. The van der Waals surface area contributed by atoms with E-state index in [1.165, 1.54) is 0 Å². The molecule has 0 aliphatic rings. The predicted molar refractivity (Wildman–Crippen MR) is 28.7 cm³/mol. The molecule has 43 valence electrons. The van der Waals surface area contributed by atoms with Crippen molar-refractivity contribution in [1.82, 2.24) is 5.32 Å². The number of rotatable bonds is 3. The van der Waals surface area contributed by atoms with Crippen molar-refractivity contribution >= 4 is 0 Å². The molecule has 0 aliphatic heterocycles. The van der Waals surface area contributed by atoms with Gasteiger partial charge in [-0.1, -0.05) is 13.8 Å². The van der Waals surface area contributed by atoms with E-state index in [1.54, 1.807) is 0 Å². The molecule has 0 aromatic heterocycles. The third-order valence-corrected chi connectivity index (χ3v) is 0.655. The molecule has 0 saturated heterocycles. The average Bonchev–Trinajstić information content (AvgIpc) is 1.61. The van der Waals surface area contributed by atoms with E-state index < -0.39 is 0 Å². The van der Waals surface area contributed by atoms with Gasteiger partial charge in [0.15, 0.2) is 0 Å². The van der Waals surface area contributed by atoms with Gasteiger partial charge in [-0.25, -0.2) is 5.11 Å². The van der Waals surface area contributed by atoms with Crippen LogP contribution in [0.5, 0.6) is 0 Å². The highest BCUT2D eigenvalue weighted by atomic mass is 16.3. The quantitative estimate of drug-likeness (QED) is 0.550. The van der Waals surface area contributed by atoms with E-state index in [0.29, 0.717) is 12.6 Å². The van der Waals surface area contributed by atoms with Crippen LogP contribution in [0.1, 0.15) is 13.8 Å². The van der Waals surface area contributed by atoms with Crippen LogP contribution in [0.3, 0.4) is 0 Å². The molecule has 2 nitrogen and oxygen atoms in total. The Kier molecular flexibility index (Phi) is 4.04. The minimum atomic E-state index is -0.0157. The van der Waals surface area contributed by atoms with Crippen LogP contribution in [-0.2, 0) is 5.11 Å². The lowest BCUT2D eigenvalue weighted by molar-refractivity contribution is 0.191. The van der Waals surface area contributed by atoms with Gasteiger partial charge in [-0.3, -0.25) is 0 Å². The lowest BCUT2D eigenvalue weighted by atomic mass is 10.4. The van der Waals surface area contributed by atoms with Crippen LogP contribution < -0.4 is 5.32 Å². The van der Waals surface area contributed by atoms with Gasteiger partial charge >= 0.3 is 0 Å². The molecular formula is C5H12NO. The highest BCUT2D eigenvalue weighted by Crippen LogP contribution is 1.71. The molecule has 1 N–H and O–H groups in total. The zero-order valence-corrected chi connectivity index (χ0v) is 4.90. The Morgan fingerprint density at radius 1 is 1.57 bits per heavy atom. The summed E-state index contributed by atoms with van der Waals surface area (Å²) in [5, 5.41) is 12.8. The summed E-state index contributed by atoms with van der Waals surface area (Å²) in [6, 6.07) is 0.453. The second kappa shape index (κ2) is 4.09. The lowest BCUT2D eigenvalue weighted by Gasteiger charge is -2.02. The minimum absolute atomic E-state index is 0.0157. The van der Waals surface area contributed by atoms with Gasteiger partial charge in [0.1, 0.15) is 0 Å². The Morgan fingerprint density at radius 3 is 2.29 bits per heavy atom. The maximum Gasteiger partial charge on any atom is 0.0946 e. The molecule has 0 bridgehead atoms. The van der Waals surface area contributed by atoms with Crippen molar-refractivity contribution in [1.29, 1.82) is 0 Å². The van der Waals surface area contributed by atoms with Crippen LogP contribution in [0, 0.1) is 0 Å². The predicted octanol–water partition coefficient (Wildman–Crippen LogP) is 0.415. The summed E-state index contributed by atoms with van der Waals surface area (Å²) in [6.07, 6.45) is 0. The average molecular weight is 102 g/mol. The van der Waals surface area contributed by atoms with Crippen molar-refractivity contribution in [3.05, 3.63) is 0 Å². The van der Waals surface area contributed by atoms with E-state index in [4.69, 9.17) is 0 Å². The summed E-state index contributed by atoms with van der Waals surface area (Å²) in [6.45, 7) is 4.63. The van der Waals surface area contributed by atoms with Gasteiger partial charge in [0.05, 0.1) is 6.61 Å². The maximum absolute atomic E-state index is 9.77. The lowest BCUT2D eigenvalue weighted by Crippen LogP contribution is -2.25. The van der Waals surface area contributed by atoms with Crippen molar-refractivity contribution in [3.8, 4) is 0 Å². The fourth-order valence-corrected chi connectivity index (χ4v) is 0.348. The molecule has 7 heavy (non-hydrogen) atoms. The highest BCUT2D eigenvalue weighted by molar-refractivity contribution is 4.48. The first kappa shape index (κ1) is 6.92. The molecule has 0 rings (SSSR count). The molecule has 0 heterocycles. The third kappa shape index (κ3) is 5.92. The van der Waals surface area contributed by atoms with Gasteiger partial charge in [0.2, 0.25) is 0 Å². The van der Waals surface area contributed by atoms with Crippen molar-refractivity contribution in [2.75, 3.05) is 13.2 Å². The summed E-state index contributed by atoms with van der Waals surface area (Å²) in [5.74, 6) is 0. The molecule has 0 amide bonds. The van der Waals surface area contributed by atoms with Gasteiger partial charge in [-0.2, -0.15) is 0 Å². The molecule has 0 spiro atoms. The molecule has 0 saturated carbocycles. The van der Waals surface area contributed by atoms with Crippen molar-refractivity contribution in [2.45, 2.75) is 19.9 Å². The second-order valence-corrected chi connectivity index (χ2v) is 1.81. The van der Waals surface area contributed by atoms with Crippen LogP contribution in [0.2, 0.25) is 0 Å². The Labute approximate surface area is 44.5 Å². The van der Waals surface area contributed by atoms with Gasteiger partial charge in [0, 0.05) is 12.6 Å². The first-order valence-electron chi connectivity index (χ1n) is 2.59. The largest absolute Gasteiger partial charge is 0.312 e. The summed E-state index contributed by atoms with van der Waals surface area (Å²) in [7, 11) is 0. The Hall–Kier alpha value is -0.0800. The topological polar surface area (TPSA) is 31.9 Å². The Balaban J connectivity index is 2.68. The van der Waals surface area contributed by atoms with Gasteiger partial charge in [-0.15, -0.1) is 0 Å². The van der Waals surface area contributed by atoms with Crippen LogP contribution in [0.15, 0.2) is 0 Å². The summed E-state index contributed by atoms with van der Waals surface area (Å²) in [5.41, 5.74) is 0. The van der Waals surface area contributed by atoms with Gasteiger partial charge < -0.3 is 5.32 Å². The van der Waals surface area contributed by atoms with Crippen LogP contribution in [-0.4, -0.2) is 19.2 Å². The zero-order chi connectivity index (χ0) is 5.70. The second-order valence-electron chi connectivity index (χ2n) is 1.81. The normalized spacial score (nSPS) is 10.3. The van der Waals surface area contributed by atoms with E-state index >= 15 is 0 Å². The highest BCUT2D eigenvalue weighted by Gasteiger charge is 1.86. The maximum atomic E-state index is 9.77. The molecule has 0 aliphatic carbocycles. The molecule has 0 aromatic rings. The molecule has 0 fully saturated rings. The number of nitrogens with one attached hydrogen (secondary N) is 1. The van der Waals surface area contributed by atoms with Crippen molar-refractivity contribution < 1.29 is 5.11 Å². The monoisotopic (exact) mass is 102 g/mol. The van der Waals surface area contributed by atoms with Crippen LogP contribution in [0.25, 0.3) is 0 Å². The van der Waals surface area contributed by atoms with Crippen LogP contribution in [0.4, 0.5) is 0 Å². The molecule has 0 aromatic carbocycles. The van der Waals surface area contributed by atoms with E-state index in [1.807, 2.05) is 13.8 Å². The molecule has 0 atom stereocenters. The van der Waals surface area contributed by atoms with E-state index in [2.05, 4.69) is 5.32 Å². The Morgan fingerprint density at radius 2 is 2.14 bits per heavy atom. The third-order valence-electron chi connectivity index (χ3n) is 0.655. The van der Waals surface area contributed by atoms with Crippen LogP contribution >= 0.6 is 0 Å². The fourth-order valence-electron chi connectivity index (χ4n) is 0.348. The van der Waals surface area contributed by atoms with E-state index in [9.17, 15) is 5.11 Å². The van der Waals surface area contributed by atoms with Crippen molar-refractivity contribution in [2.24, 2.45) is 0 Å². The Bertz CT molecular complexity index is 37.1. The van der Waals surface area contributed by atoms with E-state index in [0.717, 1.165) is 0 Å². The summed E-state index contributed by atoms with van der Waals surface area (Å²) < 4.78 is 0. The van der Waals surface area contributed by atoms with E-state index in [-0.39, 0.29) is 6.61 Å². The molecule has 1 radical (unpaired) electrons. The SMILES string of the molecule is CC(C)NCC[O]. The number of hydrogen-bond donors (Lipinski definition) is 1. The number of hydrogen-bond acceptors (Lipinski definition) is 1. The summed E-state index contributed by atoms with van der Waals surface area (Å²) in [4.78, 5) is 0. The fraction of sp³-hybridized carbons (Fsp3) is 1.00.